The number of carbonyl (C=O) groups is 3. The topological polar surface area (TPSA) is 210 Å². The number of aliphatic hydroxyl groups is 2. The lowest BCUT2D eigenvalue weighted by atomic mass is 9.73. The average molecular weight is 943 g/mol. The van der Waals surface area contributed by atoms with Crippen LogP contribution >= 0.6 is 0 Å². The molecule has 4 aliphatic rings. The van der Waals surface area contributed by atoms with Crippen LogP contribution in [0, 0.1) is 30.6 Å². The van der Waals surface area contributed by atoms with Gasteiger partial charge in [-0.15, -0.1) is 0 Å². The molecule has 4 saturated heterocycles. The van der Waals surface area contributed by atoms with Crippen LogP contribution in [0.5, 0.6) is 0 Å². The second-order valence-corrected chi connectivity index (χ2v) is 19.9. The number of rotatable bonds is 11. The summed E-state index contributed by atoms with van der Waals surface area (Å²) in [6.07, 6.45) is -6.37. The molecule has 2 aromatic rings. The lowest BCUT2D eigenvalue weighted by molar-refractivity contribution is -0.314. The molecular formula is C49H74N4O14. The molecule has 0 bridgehead atoms. The number of carbonyl (C=O) groups excluding carboxylic acids is 3. The molecule has 5 heterocycles. The number of aliphatic hydroxyl groups excluding tert-OH is 2. The van der Waals surface area contributed by atoms with Crippen molar-refractivity contribution < 1.29 is 67.0 Å². The third kappa shape index (κ3) is 10.4. The Morgan fingerprint density at radius 1 is 0.955 bits per heavy atom. The normalized spacial score (nSPS) is 40.4. The number of ketones is 1. The molecule has 1 amide bonds. The number of hydrogen-bond donors (Lipinski definition) is 2. The van der Waals surface area contributed by atoms with Crippen LogP contribution in [0.1, 0.15) is 99.3 Å². The van der Waals surface area contributed by atoms with Crippen LogP contribution in [0.15, 0.2) is 40.0 Å². The standard InChI is InChI=1S/C49H74N4O14/c1-15-35-49(10)41(53(46(58)66-49)50-25-33-30(6)51-67-40(33)32-19-17-16-18-20-32)27(3)37(54)26(2)23-48(9,60-14)43(65-45-38(55)34(52(11)12)21-22-61-45)28(4)39(29(5)44(57)63-35)64-36-24-47(8,59-13)42(56)31(7)62-36/h16-20,25-29,31,34-36,38-39,41-43,45,55-56H,15,21-24H2,1-14H3/b50-25+/t26-,27+,28+,29-,31+,34+,35-,36?,38-,39+,41+,42+,43-,45+,47-,48-,49-/m1/s1. The van der Waals surface area contributed by atoms with Crippen LogP contribution in [-0.4, -0.2) is 162 Å². The van der Waals surface area contributed by atoms with Gasteiger partial charge in [-0.3, -0.25) is 9.59 Å². The summed E-state index contributed by atoms with van der Waals surface area (Å²) < 4.78 is 56.8. The highest BCUT2D eigenvalue weighted by Gasteiger charge is 2.61. The molecule has 1 unspecified atom stereocenters. The lowest BCUT2D eigenvalue weighted by Crippen LogP contribution is -2.61. The van der Waals surface area contributed by atoms with Gasteiger partial charge in [-0.05, 0) is 74.9 Å². The van der Waals surface area contributed by atoms with Gasteiger partial charge in [-0.1, -0.05) is 63.2 Å². The van der Waals surface area contributed by atoms with Gasteiger partial charge in [-0.25, -0.2) is 4.79 Å². The van der Waals surface area contributed by atoms with E-state index in [9.17, 15) is 19.8 Å². The predicted octanol–water partition coefficient (Wildman–Crippen LogP) is 5.52. The SMILES string of the molecule is CC[C@H]1OC(=O)[C@H](C)[C@@H](OC2C[C@@](C)(OC)[C@@H](O)[C@H](C)O2)[C@H](C)[C@@H](O[C@@H]2OCC[C@H](N(C)C)[C@H]2O)[C@](C)(OC)C[C@@H](C)C(=O)[C@H](C)[C@@H]2N(/N=C/c3c(C)noc3-c3ccccc3)C(=O)O[C@@]21C. The quantitative estimate of drug-likeness (QED) is 0.210. The van der Waals surface area contributed by atoms with E-state index in [1.807, 2.05) is 70.1 Å². The minimum atomic E-state index is -1.59. The van der Waals surface area contributed by atoms with Crippen LogP contribution < -0.4 is 0 Å². The highest BCUT2D eigenvalue weighted by molar-refractivity contribution is 5.90. The fourth-order valence-electron chi connectivity index (χ4n) is 10.8. The maximum absolute atomic E-state index is 15.1. The van der Waals surface area contributed by atoms with E-state index < -0.39 is 108 Å². The molecule has 1 aromatic carbocycles. The van der Waals surface area contributed by atoms with Crippen molar-refractivity contribution in [3.05, 3.63) is 41.6 Å². The minimum Gasteiger partial charge on any atom is -0.458 e. The van der Waals surface area contributed by atoms with Crippen molar-refractivity contribution >= 4 is 24.1 Å². The van der Waals surface area contributed by atoms with Gasteiger partial charge in [0.25, 0.3) is 0 Å². The molecule has 17 atom stereocenters. The van der Waals surface area contributed by atoms with Crippen molar-refractivity contribution in [2.24, 2.45) is 28.8 Å². The maximum Gasteiger partial charge on any atom is 0.431 e. The van der Waals surface area contributed by atoms with Crippen molar-refractivity contribution in [3.63, 3.8) is 0 Å². The molecular weight excluding hydrogens is 869 g/mol. The Morgan fingerprint density at radius 3 is 2.25 bits per heavy atom. The molecule has 0 radical (unpaired) electrons. The molecule has 0 spiro atoms. The van der Waals surface area contributed by atoms with Gasteiger partial charge in [0.05, 0.1) is 59.5 Å². The van der Waals surface area contributed by atoms with Gasteiger partial charge in [0.1, 0.15) is 30.1 Å². The zero-order valence-electron chi connectivity index (χ0n) is 41.7. The molecule has 0 saturated carbocycles. The first-order valence-electron chi connectivity index (χ1n) is 23.6. The van der Waals surface area contributed by atoms with Crippen molar-refractivity contribution in [3.8, 4) is 11.3 Å². The van der Waals surface area contributed by atoms with Crippen LogP contribution in [0.4, 0.5) is 4.79 Å². The summed E-state index contributed by atoms with van der Waals surface area (Å²) >= 11 is 0. The maximum atomic E-state index is 15.1. The number of likely N-dealkylation sites (N-methyl/N-ethyl adjacent to an activating group) is 1. The summed E-state index contributed by atoms with van der Waals surface area (Å²) in [6.45, 7) is 17.9. The molecule has 374 valence electrons. The summed E-state index contributed by atoms with van der Waals surface area (Å²) in [7, 11) is 6.79. The Labute approximate surface area is 394 Å². The molecule has 4 aliphatic heterocycles. The third-order valence-electron chi connectivity index (χ3n) is 15.0. The monoisotopic (exact) mass is 943 g/mol. The Morgan fingerprint density at radius 2 is 1.63 bits per heavy atom. The molecule has 1 aromatic heterocycles. The van der Waals surface area contributed by atoms with Crippen LogP contribution in [0.25, 0.3) is 11.3 Å². The van der Waals surface area contributed by atoms with E-state index in [2.05, 4.69) is 5.16 Å². The molecule has 4 fully saturated rings. The van der Waals surface area contributed by atoms with Gasteiger partial charge < -0.3 is 57.5 Å². The number of hydrogen-bond acceptors (Lipinski definition) is 17. The van der Waals surface area contributed by atoms with E-state index in [0.717, 1.165) is 10.6 Å². The number of amides is 1. The van der Waals surface area contributed by atoms with E-state index in [1.54, 1.807) is 48.5 Å². The Kier molecular flexibility index (Phi) is 16.5. The van der Waals surface area contributed by atoms with Crippen LogP contribution in [-0.2, 0) is 47.5 Å². The summed E-state index contributed by atoms with van der Waals surface area (Å²) in [4.78, 5) is 46.1. The molecule has 18 heteroatoms. The number of cyclic esters (lactones) is 1. The van der Waals surface area contributed by atoms with Gasteiger partial charge in [0.2, 0.25) is 0 Å². The predicted molar refractivity (Wildman–Crippen MR) is 245 cm³/mol. The first-order valence-corrected chi connectivity index (χ1v) is 23.6. The number of benzene rings is 1. The van der Waals surface area contributed by atoms with E-state index in [-0.39, 0.29) is 31.1 Å². The number of ether oxygens (including phenoxy) is 8. The van der Waals surface area contributed by atoms with Gasteiger partial charge in [-0.2, -0.15) is 10.1 Å². The fourth-order valence-corrected chi connectivity index (χ4v) is 10.8. The van der Waals surface area contributed by atoms with E-state index in [0.29, 0.717) is 30.0 Å². The van der Waals surface area contributed by atoms with Crippen molar-refractivity contribution in [1.29, 1.82) is 0 Å². The minimum absolute atomic E-state index is 0.0943. The second-order valence-electron chi connectivity index (χ2n) is 19.9. The number of methoxy groups -OCH3 is 2. The number of aromatic nitrogens is 1. The van der Waals surface area contributed by atoms with Crippen molar-refractivity contribution in [2.75, 3.05) is 34.9 Å². The van der Waals surface area contributed by atoms with Gasteiger partial charge in [0, 0.05) is 50.0 Å². The summed E-state index contributed by atoms with van der Waals surface area (Å²) in [5, 5.41) is 32.8. The first kappa shape index (κ1) is 52.5. The summed E-state index contributed by atoms with van der Waals surface area (Å²) in [6, 6.07) is 7.99. The van der Waals surface area contributed by atoms with Crippen molar-refractivity contribution in [2.45, 2.75) is 173 Å². The van der Waals surface area contributed by atoms with E-state index in [4.69, 9.17) is 47.5 Å². The molecule has 6 rings (SSSR count). The van der Waals surface area contributed by atoms with Gasteiger partial charge >= 0.3 is 12.1 Å². The van der Waals surface area contributed by atoms with E-state index in [1.165, 1.54) is 20.4 Å². The van der Waals surface area contributed by atoms with Crippen molar-refractivity contribution in [1.82, 2.24) is 15.1 Å². The Hall–Kier alpha value is -3.85. The smallest absolute Gasteiger partial charge is 0.431 e. The highest BCUT2D eigenvalue weighted by atomic mass is 16.7. The average Bonchev–Trinajstić information content (AvgIpc) is 3.80. The fraction of sp³-hybridized carbons (Fsp3) is 0.735. The van der Waals surface area contributed by atoms with Gasteiger partial charge in [0.15, 0.2) is 23.9 Å². The third-order valence-corrected chi connectivity index (χ3v) is 15.0. The Bertz CT molecular complexity index is 2050. The summed E-state index contributed by atoms with van der Waals surface area (Å²) in [5.41, 5.74) is -2.15. The van der Waals surface area contributed by atoms with Crippen LogP contribution in [0.2, 0.25) is 0 Å². The zero-order valence-corrected chi connectivity index (χ0v) is 41.7. The number of Topliss-reactive ketones (excluding diaryl/α,β-unsaturated/α-hetero) is 1. The highest BCUT2D eigenvalue weighted by Crippen LogP contribution is 2.45. The number of nitrogens with zero attached hydrogens (tertiary/aromatic N) is 4. The number of aryl methyl sites for hydroxylation is 1. The zero-order chi connectivity index (χ0) is 49.3. The number of esters is 1. The number of fused-ring (bicyclic) bond motifs is 1. The Balaban J connectivity index is 1.46. The molecule has 2 N–H and O–H groups in total. The second kappa shape index (κ2) is 21.0. The summed E-state index contributed by atoms with van der Waals surface area (Å²) in [5.74, 6) is -3.92. The largest absolute Gasteiger partial charge is 0.458 e. The van der Waals surface area contributed by atoms with Crippen LogP contribution in [0.3, 0.4) is 0 Å². The molecule has 18 nitrogen and oxygen atoms in total. The number of hydrazone groups is 1. The molecule has 67 heavy (non-hydrogen) atoms. The molecule has 0 aliphatic carbocycles. The van der Waals surface area contributed by atoms with E-state index >= 15 is 4.79 Å². The lowest BCUT2D eigenvalue weighted by Gasteiger charge is -2.49. The first-order chi connectivity index (χ1) is 31.5.